The molecule has 0 spiro atoms. The first kappa shape index (κ1) is 14.8. The van der Waals surface area contributed by atoms with Crippen LogP contribution in [0.5, 0.6) is 5.75 Å². The fraction of sp³-hybridized carbons (Fsp3) is 0.500. The SMILES string of the molecule is COc1ccccc1COC(=O)[C@]1(N)CC[C@H]2[C@H](C(=O)O)[C@H]21. The van der Waals surface area contributed by atoms with Crippen LogP contribution < -0.4 is 10.5 Å². The molecule has 6 heteroatoms. The molecule has 2 aliphatic carbocycles. The Balaban J connectivity index is 1.66. The number of carboxylic acid groups (broad SMARTS) is 1. The monoisotopic (exact) mass is 305 g/mol. The van der Waals surface area contributed by atoms with E-state index in [9.17, 15) is 9.59 Å². The highest BCUT2D eigenvalue weighted by molar-refractivity contribution is 5.86. The average molecular weight is 305 g/mol. The Morgan fingerprint density at radius 3 is 2.77 bits per heavy atom. The van der Waals surface area contributed by atoms with Crippen molar-refractivity contribution in [3.8, 4) is 5.75 Å². The number of carbonyl (C=O) groups is 2. The van der Waals surface area contributed by atoms with E-state index in [0.717, 1.165) is 5.56 Å². The van der Waals surface area contributed by atoms with E-state index in [1.807, 2.05) is 18.2 Å². The number of hydrogen-bond donors (Lipinski definition) is 2. The van der Waals surface area contributed by atoms with Crippen LogP contribution in [-0.2, 0) is 20.9 Å². The molecule has 0 amide bonds. The molecule has 3 N–H and O–H groups in total. The Morgan fingerprint density at radius 2 is 2.14 bits per heavy atom. The van der Waals surface area contributed by atoms with Crippen molar-refractivity contribution < 1.29 is 24.2 Å². The van der Waals surface area contributed by atoms with E-state index >= 15 is 0 Å². The number of para-hydroxylation sites is 1. The molecule has 2 fully saturated rings. The van der Waals surface area contributed by atoms with Crippen LogP contribution >= 0.6 is 0 Å². The van der Waals surface area contributed by atoms with Gasteiger partial charge in [-0.1, -0.05) is 18.2 Å². The maximum atomic E-state index is 12.4. The number of nitrogens with two attached hydrogens (primary N) is 1. The third-order valence-electron chi connectivity index (χ3n) is 4.87. The molecule has 0 heterocycles. The summed E-state index contributed by atoms with van der Waals surface area (Å²) in [6.45, 7) is 0.0664. The molecule has 118 valence electrons. The number of ether oxygens (including phenoxy) is 2. The van der Waals surface area contributed by atoms with E-state index in [1.165, 1.54) is 0 Å². The standard InChI is InChI=1S/C16H19NO5/c1-21-11-5-3-2-4-9(11)8-22-15(20)16(17)7-6-10-12(13(10)16)14(18)19/h2-5,10,12-13H,6-8,17H2,1H3,(H,18,19)/t10-,12-,13-,16-/m0/s1. The number of aliphatic carboxylic acids is 1. The summed E-state index contributed by atoms with van der Waals surface area (Å²) in [5.74, 6) is -1.54. The van der Waals surface area contributed by atoms with Gasteiger partial charge in [0.15, 0.2) is 0 Å². The van der Waals surface area contributed by atoms with E-state index < -0.39 is 23.4 Å². The van der Waals surface area contributed by atoms with Gasteiger partial charge < -0.3 is 20.3 Å². The van der Waals surface area contributed by atoms with Gasteiger partial charge in [0.25, 0.3) is 0 Å². The van der Waals surface area contributed by atoms with Crippen molar-refractivity contribution in [3.63, 3.8) is 0 Å². The summed E-state index contributed by atoms with van der Waals surface area (Å²) in [6.07, 6.45) is 1.15. The number of fused-ring (bicyclic) bond motifs is 1. The van der Waals surface area contributed by atoms with E-state index in [1.54, 1.807) is 13.2 Å². The minimum atomic E-state index is -1.17. The van der Waals surface area contributed by atoms with Crippen LogP contribution in [0.4, 0.5) is 0 Å². The van der Waals surface area contributed by atoms with Crippen LogP contribution in [0.2, 0.25) is 0 Å². The summed E-state index contributed by atoms with van der Waals surface area (Å²) in [7, 11) is 1.55. The fourth-order valence-corrected chi connectivity index (χ4v) is 3.68. The highest BCUT2D eigenvalue weighted by atomic mass is 16.5. The second kappa shape index (κ2) is 5.28. The summed E-state index contributed by atoms with van der Waals surface area (Å²) >= 11 is 0. The molecule has 22 heavy (non-hydrogen) atoms. The molecule has 0 aromatic heterocycles. The van der Waals surface area contributed by atoms with Gasteiger partial charge in [-0.2, -0.15) is 0 Å². The molecule has 0 radical (unpaired) electrons. The molecule has 4 atom stereocenters. The first-order chi connectivity index (χ1) is 10.5. The molecule has 0 aliphatic heterocycles. The number of hydrogen-bond acceptors (Lipinski definition) is 5. The Kier molecular flexibility index (Phi) is 3.56. The van der Waals surface area contributed by atoms with Gasteiger partial charge in [-0.15, -0.1) is 0 Å². The number of benzene rings is 1. The number of rotatable bonds is 5. The lowest BCUT2D eigenvalue weighted by molar-refractivity contribution is -0.153. The smallest absolute Gasteiger partial charge is 0.326 e. The van der Waals surface area contributed by atoms with Crippen LogP contribution in [0.1, 0.15) is 18.4 Å². The van der Waals surface area contributed by atoms with E-state index in [2.05, 4.69) is 0 Å². The van der Waals surface area contributed by atoms with Crippen LogP contribution in [-0.4, -0.2) is 29.7 Å². The zero-order valence-electron chi connectivity index (χ0n) is 12.3. The minimum Gasteiger partial charge on any atom is -0.496 e. The van der Waals surface area contributed by atoms with Crippen molar-refractivity contribution in [2.75, 3.05) is 7.11 Å². The second-order valence-electron chi connectivity index (χ2n) is 6.02. The van der Waals surface area contributed by atoms with Gasteiger partial charge in [-0.3, -0.25) is 9.59 Å². The van der Waals surface area contributed by atoms with Gasteiger partial charge in [-0.25, -0.2) is 0 Å². The number of carbonyl (C=O) groups excluding carboxylic acids is 1. The van der Waals surface area contributed by atoms with Gasteiger partial charge in [0.1, 0.15) is 17.9 Å². The summed E-state index contributed by atoms with van der Waals surface area (Å²) in [5, 5.41) is 9.13. The highest BCUT2D eigenvalue weighted by Crippen LogP contribution is 2.61. The van der Waals surface area contributed by atoms with Crippen molar-refractivity contribution in [1.82, 2.24) is 0 Å². The second-order valence-corrected chi connectivity index (χ2v) is 6.02. The van der Waals surface area contributed by atoms with E-state index in [-0.39, 0.29) is 18.4 Å². The first-order valence-corrected chi connectivity index (χ1v) is 7.30. The third-order valence-corrected chi connectivity index (χ3v) is 4.87. The molecule has 3 rings (SSSR count). The van der Waals surface area contributed by atoms with Gasteiger partial charge in [-0.05, 0) is 24.8 Å². The Hall–Kier alpha value is -2.08. The van der Waals surface area contributed by atoms with Crippen molar-refractivity contribution in [3.05, 3.63) is 29.8 Å². The molecule has 2 aliphatic rings. The molecule has 0 saturated heterocycles. The van der Waals surface area contributed by atoms with Gasteiger partial charge in [0.2, 0.25) is 0 Å². The number of esters is 1. The molecule has 0 bridgehead atoms. The molecular formula is C16H19NO5. The normalized spacial score (nSPS) is 32.2. The maximum Gasteiger partial charge on any atom is 0.326 e. The Labute approximate surface area is 128 Å². The predicted molar refractivity (Wildman–Crippen MR) is 77.0 cm³/mol. The zero-order chi connectivity index (χ0) is 15.9. The van der Waals surface area contributed by atoms with Crippen molar-refractivity contribution in [2.24, 2.45) is 23.5 Å². The van der Waals surface area contributed by atoms with Crippen LogP contribution in [0.15, 0.2) is 24.3 Å². The maximum absolute atomic E-state index is 12.4. The molecular weight excluding hydrogens is 286 g/mol. The Morgan fingerprint density at radius 1 is 1.41 bits per heavy atom. The number of methoxy groups -OCH3 is 1. The summed E-state index contributed by atoms with van der Waals surface area (Å²) in [4.78, 5) is 23.5. The van der Waals surface area contributed by atoms with Gasteiger partial charge >= 0.3 is 11.9 Å². The topological polar surface area (TPSA) is 98.9 Å². The fourth-order valence-electron chi connectivity index (χ4n) is 3.68. The first-order valence-electron chi connectivity index (χ1n) is 7.30. The van der Waals surface area contributed by atoms with E-state index in [0.29, 0.717) is 18.6 Å². The molecule has 2 saturated carbocycles. The average Bonchev–Trinajstić information content (AvgIpc) is 3.17. The van der Waals surface area contributed by atoms with Crippen molar-refractivity contribution >= 4 is 11.9 Å². The lowest BCUT2D eigenvalue weighted by atomic mass is 9.91. The van der Waals surface area contributed by atoms with Crippen LogP contribution in [0.25, 0.3) is 0 Å². The van der Waals surface area contributed by atoms with E-state index in [4.69, 9.17) is 20.3 Å². The van der Waals surface area contributed by atoms with Crippen LogP contribution in [0.3, 0.4) is 0 Å². The Bertz CT molecular complexity index is 616. The zero-order valence-corrected chi connectivity index (χ0v) is 12.3. The number of carboxylic acids is 1. The summed E-state index contributed by atoms with van der Waals surface area (Å²) in [5.41, 5.74) is 5.76. The summed E-state index contributed by atoms with van der Waals surface area (Å²) < 4.78 is 10.6. The third kappa shape index (κ3) is 2.23. The van der Waals surface area contributed by atoms with Crippen molar-refractivity contribution in [1.29, 1.82) is 0 Å². The van der Waals surface area contributed by atoms with Gasteiger partial charge in [0.05, 0.1) is 13.0 Å². The largest absolute Gasteiger partial charge is 0.496 e. The highest BCUT2D eigenvalue weighted by Gasteiger charge is 2.70. The molecule has 1 aromatic rings. The lowest BCUT2D eigenvalue weighted by Crippen LogP contribution is -2.50. The van der Waals surface area contributed by atoms with Crippen molar-refractivity contribution in [2.45, 2.75) is 25.0 Å². The summed E-state index contributed by atoms with van der Waals surface area (Å²) in [6, 6.07) is 7.26. The predicted octanol–water partition coefficient (Wildman–Crippen LogP) is 1.18. The molecule has 0 unspecified atom stereocenters. The van der Waals surface area contributed by atoms with Gasteiger partial charge in [0, 0.05) is 11.5 Å². The quantitative estimate of drug-likeness (QED) is 0.792. The molecule has 1 aromatic carbocycles. The minimum absolute atomic E-state index is 0.0151. The molecule has 6 nitrogen and oxygen atoms in total. The lowest BCUT2D eigenvalue weighted by Gasteiger charge is -2.24. The van der Waals surface area contributed by atoms with Crippen LogP contribution in [0, 0.1) is 17.8 Å².